The molecule has 0 aromatic heterocycles. The SMILES string of the molecule is CCCC1CNC(CO)C1. The van der Waals surface area contributed by atoms with E-state index in [1.807, 2.05) is 0 Å². The van der Waals surface area contributed by atoms with Gasteiger partial charge in [0.1, 0.15) is 0 Å². The molecule has 2 unspecified atom stereocenters. The summed E-state index contributed by atoms with van der Waals surface area (Å²) in [6, 6.07) is 0.386. The highest BCUT2D eigenvalue weighted by molar-refractivity contribution is 4.80. The van der Waals surface area contributed by atoms with Crippen LogP contribution < -0.4 is 5.32 Å². The first-order valence-corrected chi connectivity index (χ1v) is 4.21. The van der Waals surface area contributed by atoms with Crippen molar-refractivity contribution >= 4 is 0 Å². The molecule has 1 fully saturated rings. The molecule has 0 aromatic rings. The zero-order valence-corrected chi connectivity index (χ0v) is 6.64. The second-order valence-corrected chi connectivity index (χ2v) is 3.18. The van der Waals surface area contributed by atoms with Crippen LogP contribution in [0.5, 0.6) is 0 Å². The fourth-order valence-electron chi connectivity index (χ4n) is 1.67. The molecule has 2 N–H and O–H groups in total. The number of aliphatic hydroxyl groups excluding tert-OH is 1. The van der Waals surface area contributed by atoms with Crippen molar-refractivity contribution in [1.29, 1.82) is 0 Å². The van der Waals surface area contributed by atoms with Crippen LogP contribution in [-0.4, -0.2) is 24.3 Å². The Morgan fingerprint density at radius 1 is 1.60 bits per heavy atom. The molecule has 10 heavy (non-hydrogen) atoms. The molecule has 0 aliphatic carbocycles. The Morgan fingerprint density at radius 2 is 2.40 bits per heavy atom. The summed E-state index contributed by atoms with van der Waals surface area (Å²) in [7, 11) is 0. The summed E-state index contributed by atoms with van der Waals surface area (Å²) in [5.74, 6) is 0.821. The Bertz CT molecular complexity index is 95.3. The fraction of sp³-hybridized carbons (Fsp3) is 1.00. The first kappa shape index (κ1) is 8.02. The Morgan fingerprint density at radius 3 is 2.90 bits per heavy atom. The Kier molecular flexibility index (Phi) is 3.16. The second kappa shape index (κ2) is 3.94. The summed E-state index contributed by atoms with van der Waals surface area (Å²) < 4.78 is 0. The lowest BCUT2D eigenvalue weighted by Gasteiger charge is -2.05. The first-order valence-electron chi connectivity index (χ1n) is 4.21. The van der Waals surface area contributed by atoms with E-state index < -0.39 is 0 Å². The largest absolute Gasteiger partial charge is 0.395 e. The molecule has 2 nitrogen and oxygen atoms in total. The molecular weight excluding hydrogens is 126 g/mol. The van der Waals surface area contributed by atoms with Crippen LogP contribution in [0.2, 0.25) is 0 Å². The number of hydrogen-bond donors (Lipinski definition) is 2. The molecule has 60 valence electrons. The molecule has 0 spiro atoms. The molecule has 0 aromatic carbocycles. The second-order valence-electron chi connectivity index (χ2n) is 3.18. The minimum absolute atomic E-state index is 0.306. The predicted molar refractivity (Wildman–Crippen MR) is 41.9 cm³/mol. The lowest BCUT2D eigenvalue weighted by atomic mass is 10.0. The van der Waals surface area contributed by atoms with Crippen molar-refractivity contribution in [3.8, 4) is 0 Å². The van der Waals surface area contributed by atoms with Gasteiger partial charge in [-0.3, -0.25) is 0 Å². The zero-order chi connectivity index (χ0) is 7.40. The smallest absolute Gasteiger partial charge is 0.0584 e. The quantitative estimate of drug-likeness (QED) is 0.611. The molecule has 2 heteroatoms. The lowest BCUT2D eigenvalue weighted by Crippen LogP contribution is -2.24. The van der Waals surface area contributed by atoms with Crippen molar-refractivity contribution in [3.05, 3.63) is 0 Å². The molecule has 0 radical (unpaired) electrons. The van der Waals surface area contributed by atoms with Gasteiger partial charge in [-0.05, 0) is 25.3 Å². The van der Waals surface area contributed by atoms with Crippen LogP contribution in [0.4, 0.5) is 0 Å². The highest BCUT2D eigenvalue weighted by Gasteiger charge is 2.21. The number of nitrogens with one attached hydrogen (secondary N) is 1. The fourth-order valence-corrected chi connectivity index (χ4v) is 1.67. The van der Waals surface area contributed by atoms with Crippen LogP contribution in [0, 0.1) is 5.92 Å². The summed E-state index contributed by atoms with van der Waals surface area (Å²) in [4.78, 5) is 0. The van der Waals surface area contributed by atoms with E-state index in [2.05, 4.69) is 12.2 Å². The third-order valence-corrected chi connectivity index (χ3v) is 2.23. The maximum Gasteiger partial charge on any atom is 0.0584 e. The molecule has 1 aliphatic heterocycles. The topological polar surface area (TPSA) is 32.3 Å². The van der Waals surface area contributed by atoms with Gasteiger partial charge in [-0.25, -0.2) is 0 Å². The summed E-state index contributed by atoms with van der Waals surface area (Å²) in [5.41, 5.74) is 0. The molecule has 0 amide bonds. The van der Waals surface area contributed by atoms with Gasteiger partial charge in [0.25, 0.3) is 0 Å². The Labute approximate surface area is 62.6 Å². The van der Waals surface area contributed by atoms with Crippen molar-refractivity contribution in [2.24, 2.45) is 5.92 Å². The van der Waals surface area contributed by atoms with Gasteiger partial charge in [0.05, 0.1) is 6.61 Å². The Hall–Kier alpha value is -0.0800. The zero-order valence-electron chi connectivity index (χ0n) is 6.64. The van der Waals surface area contributed by atoms with E-state index in [1.54, 1.807) is 0 Å². The maximum absolute atomic E-state index is 8.79. The molecule has 1 aliphatic rings. The molecule has 1 heterocycles. The number of rotatable bonds is 3. The predicted octanol–water partition coefficient (Wildman–Crippen LogP) is 0.757. The minimum Gasteiger partial charge on any atom is -0.395 e. The average molecular weight is 143 g/mol. The third kappa shape index (κ3) is 1.96. The van der Waals surface area contributed by atoms with Crippen molar-refractivity contribution < 1.29 is 5.11 Å². The van der Waals surface area contributed by atoms with Crippen LogP contribution in [0.1, 0.15) is 26.2 Å². The van der Waals surface area contributed by atoms with E-state index in [0.717, 1.165) is 12.5 Å². The Balaban J connectivity index is 2.15. The standard InChI is InChI=1S/C8H17NO/c1-2-3-7-4-8(6-10)9-5-7/h7-10H,2-6H2,1H3. The van der Waals surface area contributed by atoms with Crippen molar-refractivity contribution in [2.45, 2.75) is 32.2 Å². The molecule has 2 atom stereocenters. The van der Waals surface area contributed by atoms with Gasteiger partial charge in [0.2, 0.25) is 0 Å². The maximum atomic E-state index is 8.79. The van der Waals surface area contributed by atoms with Crippen molar-refractivity contribution in [1.82, 2.24) is 5.32 Å². The molecule has 0 saturated carbocycles. The monoisotopic (exact) mass is 143 g/mol. The van der Waals surface area contributed by atoms with E-state index in [4.69, 9.17) is 5.11 Å². The van der Waals surface area contributed by atoms with Crippen LogP contribution in [-0.2, 0) is 0 Å². The molecule has 1 saturated heterocycles. The van der Waals surface area contributed by atoms with E-state index >= 15 is 0 Å². The van der Waals surface area contributed by atoms with Crippen LogP contribution in [0.15, 0.2) is 0 Å². The van der Waals surface area contributed by atoms with E-state index in [-0.39, 0.29) is 0 Å². The van der Waals surface area contributed by atoms with E-state index in [9.17, 15) is 0 Å². The van der Waals surface area contributed by atoms with Gasteiger partial charge in [0.15, 0.2) is 0 Å². The van der Waals surface area contributed by atoms with Crippen molar-refractivity contribution in [3.63, 3.8) is 0 Å². The van der Waals surface area contributed by atoms with Gasteiger partial charge in [-0.1, -0.05) is 13.3 Å². The number of aliphatic hydroxyl groups is 1. The van der Waals surface area contributed by atoms with Crippen LogP contribution in [0.3, 0.4) is 0 Å². The summed E-state index contributed by atoms with van der Waals surface area (Å²) in [6.07, 6.45) is 3.75. The van der Waals surface area contributed by atoms with Gasteiger partial charge >= 0.3 is 0 Å². The third-order valence-electron chi connectivity index (χ3n) is 2.23. The lowest BCUT2D eigenvalue weighted by molar-refractivity contribution is 0.252. The average Bonchev–Trinajstić information content (AvgIpc) is 2.37. The number of hydrogen-bond acceptors (Lipinski definition) is 2. The normalized spacial score (nSPS) is 33.0. The van der Waals surface area contributed by atoms with Gasteiger partial charge in [0, 0.05) is 6.04 Å². The molecule has 1 rings (SSSR count). The van der Waals surface area contributed by atoms with E-state index in [1.165, 1.54) is 19.3 Å². The summed E-state index contributed by atoms with van der Waals surface area (Å²) in [6.45, 7) is 3.63. The summed E-state index contributed by atoms with van der Waals surface area (Å²) in [5, 5.41) is 12.1. The van der Waals surface area contributed by atoms with Crippen LogP contribution in [0.25, 0.3) is 0 Å². The summed E-state index contributed by atoms with van der Waals surface area (Å²) >= 11 is 0. The van der Waals surface area contributed by atoms with Gasteiger partial charge in [-0.15, -0.1) is 0 Å². The minimum atomic E-state index is 0.306. The van der Waals surface area contributed by atoms with Gasteiger partial charge < -0.3 is 10.4 Å². The highest BCUT2D eigenvalue weighted by Crippen LogP contribution is 2.18. The van der Waals surface area contributed by atoms with Crippen LogP contribution >= 0.6 is 0 Å². The van der Waals surface area contributed by atoms with Gasteiger partial charge in [-0.2, -0.15) is 0 Å². The first-order chi connectivity index (χ1) is 4.86. The molecule has 0 bridgehead atoms. The van der Waals surface area contributed by atoms with E-state index in [0.29, 0.717) is 12.6 Å². The molecular formula is C8H17NO. The highest BCUT2D eigenvalue weighted by atomic mass is 16.3. The van der Waals surface area contributed by atoms with Crippen molar-refractivity contribution in [2.75, 3.05) is 13.2 Å².